The number of nitrogens with zero attached hydrogens (tertiary/aromatic N) is 4. The molecule has 0 unspecified atom stereocenters. The summed E-state index contributed by atoms with van der Waals surface area (Å²) in [4.78, 5) is 11.0. The second-order valence-corrected chi connectivity index (χ2v) is 9.86. The van der Waals surface area contributed by atoms with Crippen molar-refractivity contribution in [1.82, 2.24) is 14.3 Å². The van der Waals surface area contributed by atoms with Gasteiger partial charge in [-0.2, -0.15) is 4.31 Å². The zero-order chi connectivity index (χ0) is 21.8. The monoisotopic (exact) mass is 502 g/mol. The first-order valence-electron chi connectivity index (χ1n) is 10.0. The summed E-state index contributed by atoms with van der Waals surface area (Å²) >= 11 is 3.37. The van der Waals surface area contributed by atoms with Gasteiger partial charge in [-0.25, -0.2) is 18.4 Å². The Labute approximate surface area is 190 Å². The number of halogens is 1. The highest BCUT2D eigenvalue weighted by Gasteiger charge is 2.31. The van der Waals surface area contributed by atoms with Gasteiger partial charge in [0.15, 0.2) is 0 Å². The molecule has 1 aliphatic heterocycles. The van der Waals surface area contributed by atoms with Crippen LogP contribution in [0, 0.1) is 0 Å². The van der Waals surface area contributed by atoms with Gasteiger partial charge in [0.1, 0.15) is 22.8 Å². The number of benzene rings is 2. The summed E-state index contributed by atoms with van der Waals surface area (Å²) in [7, 11) is -3.68. The normalized spacial score (nSPS) is 15.1. The maximum absolute atomic E-state index is 13.3. The van der Waals surface area contributed by atoms with Crippen LogP contribution >= 0.6 is 15.9 Å². The minimum atomic E-state index is -3.68. The number of sulfonamides is 1. The van der Waals surface area contributed by atoms with Crippen LogP contribution in [0.4, 0.5) is 5.82 Å². The zero-order valence-electron chi connectivity index (χ0n) is 17.1. The number of ether oxygens (including phenoxy) is 1. The SMILES string of the molecule is CCOc1ccc(Br)cc1S(=O)(=O)N1CCN(c2cc(-c3ccccc3)ncn2)CC1. The highest BCUT2D eigenvalue weighted by Crippen LogP contribution is 2.31. The van der Waals surface area contributed by atoms with Gasteiger partial charge in [0.05, 0.1) is 12.3 Å². The minimum absolute atomic E-state index is 0.186. The highest BCUT2D eigenvalue weighted by molar-refractivity contribution is 9.10. The third-order valence-electron chi connectivity index (χ3n) is 5.11. The second-order valence-electron chi connectivity index (χ2n) is 7.04. The van der Waals surface area contributed by atoms with Crippen LogP contribution in [0.15, 0.2) is 70.3 Å². The van der Waals surface area contributed by atoms with Gasteiger partial charge in [0.2, 0.25) is 10.0 Å². The van der Waals surface area contributed by atoms with Crippen LogP contribution in [-0.4, -0.2) is 55.5 Å². The summed E-state index contributed by atoms with van der Waals surface area (Å²) in [6, 6.07) is 16.9. The Hall–Kier alpha value is -2.49. The Bertz CT molecular complexity index is 1150. The molecule has 4 rings (SSSR count). The van der Waals surface area contributed by atoms with Crippen molar-refractivity contribution in [3.05, 3.63) is 65.4 Å². The number of rotatable bonds is 6. The van der Waals surface area contributed by atoms with E-state index in [2.05, 4.69) is 30.8 Å². The van der Waals surface area contributed by atoms with Gasteiger partial charge in [0, 0.05) is 42.3 Å². The van der Waals surface area contributed by atoms with Crippen LogP contribution in [0.2, 0.25) is 0 Å². The molecular formula is C22H23BrN4O3S. The van der Waals surface area contributed by atoms with Crippen LogP contribution in [0.25, 0.3) is 11.3 Å². The number of hydrogen-bond donors (Lipinski definition) is 0. The third-order valence-corrected chi connectivity index (χ3v) is 7.52. The van der Waals surface area contributed by atoms with Gasteiger partial charge >= 0.3 is 0 Å². The highest BCUT2D eigenvalue weighted by atomic mass is 79.9. The molecule has 31 heavy (non-hydrogen) atoms. The molecule has 3 aromatic rings. The second kappa shape index (κ2) is 9.33. The maximum Gasteiger partial charge on any atom is 0.246 e. The van der Waals surface area contributed by atoms with Crippen LogP contribution in [-0.2, 0) is 10.0 Å². The van der Waals surface area contributed by atoms with Gasteiger partial charge in [-0.1, -0.05) is 46.3 Å². The number of piperazine rings is 1. The van der Waals surface area contributed by atoms with Crippen LogP contribution < -0.4 is 9.64 Å². The molecule has 0 atom stereocenters. The van der Waals surface area contributed by atoms with E-state index in [4.69, 9.17) is 4.74 Å². The van der Waals surface area contributed by atoms with E-state index < -0.39 is 10.0 Å². The molecule has 2 heterocycles. The molecule has 1 aliphatic rings. The summed E-state index contributed by atoms with van der Waals surface area (Å²) in [5.74, 6) is 1.17. The van der Waals surface area contributed by atoms with Crippen molar-refractivity contribution in [2.24, 2.45) is 0 Å². The summed E-state index contributed by atoms with van der Waals surface area (Å²) in [5.41, 5.74) is 1.86. The molecule has 1 aromatic heterocycles. The van der Waals surface area contributed by atoms with E-state index in [1.807, 2.05) is 43.3 Å². The van der Waals surface area contributed by atoms with Gasteiger partial charge in [0.25, 0.3) is 0 Å². The van der Waals surface area contributed by atoms with Gasteiger partial charge in [-0.15, -0.1) is 0 Å². The number of anilines is 1. The number of hydrogen-bond acceptors (Lipinski definition) is 6. The predicted octanol–water partition coefficient (Wildman–Crippen LogP) is 3.82. The maximum atomic E-state index is 13.3. The van der Waals surface area contributed by atoms with Gasteiger partial charge < -0.3 is 9.64 Å². The van der Waals surface area contributed by atoms with E-state index in [1.54, 1.807) is 24.5 Å². The van der Waals surface area contributed by atoms with Gasteiger partial charge in [-0.3, -0.25) is 0 Å². The fraction of sp³-hybridized carbons (Fsp3) is 0.273. The van der Waals surface area contributed by atoms with Crippen LogP contribution in [0.5, 0.6) is 5.75 Å². The molecule has 0 radical (unpaired) electrons. The molecule has 0 bridgehead atoms. The molecule has 0 spiro atoms. The molecule has 0 amide bonds. The lowest BCUT2D eigenvalue weighted by Gasteiger charge is -2.35. The first-order valence-corrected chi connectivity index (χ1v) is 12.3. The van der Waals surface area contributed by atoms with Crippen molar-refractivity contribution in [3.63, 3.8) is 0 Å². The molecule has 162 valence electrons. The number of aromatic nitrogens is 2. The lowest BCUT2D eigenvalue weighted by atomic mass is 10.1. The van der Waals surface area contributed by atoms with E-state index in [0.29, 0.717) is 43.0 Å². The molecule has 1 saturated heterocycles. The van der Waals surface area contributed by atoms with Gasteiger partial charge in [-0.05, 0) is 25.1 Å². The molecule has 2 aromatic carbocycles. The molecular weight excluding hydrogens is 480 g/mol. The largest absolute Gasteiger partial charge is 0.492 e. The fourth-order valence-corrected chi connectivity index (χ4v) is 5.63. The summed E-state index contributed by atoms with van der Waals surface area (Å²) < 4.78 is 34.4. The minimum Gasteiger partial charge on any atom is -0.492 e. The smallest absolute Gasteiger partial charge is 0.246 e. The van der Waals surface area contributed by atoms with E-state index in [-0.39, 0.29) is 4.90 Å². The fourth-order valence-electron chi connectivity index (χ4n) is 3.54. The molecule has 7 nitrogen and oxygen atoms in total. The molecule has 0 N–H and O–H groups in total. The lowest BCUT2D eigenvalue weighted by molar-refractivity contribution is 0.327. The summed E-state index contributed by atoms with van der Waals surface area (Å²) in [5, 5.41) is 0. The zero-order valence-corrected chi connectivity index (χ0v) is 19.5. The van der Waals surface area contributed by atoms with Crippen molar-refractivity contribution in [2.45, 2.75) is 11.8 Å². The third kappa shape index (κ3) is 4.73. The Kier molecular flexibility index (Phi) is 6.54. The van der Waals surface area contributed by atoms with Crippen molar-refractivity contribution < 1.29 is 13.2 Å². The quantitative estimate of drug-likeness (QED) is 0.509. The molecule has 1 fully saturated rings. The van der Waals surface area contributed by atoms with Crippen molar-refractivity contribution in [3.8, 4) is 17.0 Å². The van der Waals surface area contributed by atoms with Crippen molar-refractivity contribution in [2.75, 3.05) is 37.7 Å². The Morgan fingerprint density at radius 1 is 1.00 bits per heavy atom. The Balaban J connectivity index is 1.51. The average Bonchev–Trinajstić information content (AvgIpc) is 2.81. The van der Waals surface area contributed by atoms with Crippen molar-refractivity contribution in [1.29, 1.82) is 0 Å². The summed E-state index contributed by atoms with van der Waals surface area (Å²) in [6.07, 6.45) is 1.55. The van der Waals surface area contributed by atoms with E-state index in [1.165, 1.54) is 4.31 Å². The lowest BCUT2D eigenvalue weighted by Crippen LogP contribution is -2.49. The molecule has 0 saturated carbocycles. The first kappa shape index (κ1) is 21.7. The topological polar surface area (TPSA) is 75.6 Å². The van der Waals surface area contributed by atoms with Crippen LogP contribution in [0.1, 0.15) is 6.92 Å². The van der Waals surface area contributed by atoms with E-state index in [0.717, 1.165) is 17.1 Å². The molecule has 0 aliphatic carbocycles. The Morgan fingerprint density at radius 2 is 1.74 bits per heavy atom. The van der Waals surface area contributed by atoms with Crippen LogP contribution in [0.3, 0.4) is 0 Å². The first-order chi connectivity index (χ1) is 15.0. The predicted molar refractivity (Wildman–Crippen MR) is 124 cm³/mol. The Morgan fingerprint density at radius 3 is 2.45 bits per heavy atom. The van der Waals surface area contributed by atoms with Crippen molar-refractivity contribution >= 4 is 31.8 Å². The average molecular weight is 503 g/mol. The van der Waals surface area contributed by atoms with E-state index >= 15 is 0 Å². The van der Waals surface area contributed by atoms with E-state index in [9.17, 15) is 8.42 Å². The molecule has 9 heteroatoms. The summed E-state index contributed by atoms with van der Waals surface area (Å²) in [6.45, 7) is 4.05. The standard InChI is InChI=1S/C22H23BrN4O3S/c1-2-30-20-9-8-18(23)14-21(20)31(28,29)27-12-10-26(11-13-27)22-15-19(24-16-25-22)17-6-4-3-5-7-17/h3-9,14-16H,2,10-13H2,1H3.